The van der Waals surface area contributed by atoms with E-state index in [1.807, 2.05) is 4.90 Å². The van der Waals surface area contributed by atoms with Crippen LogP contribution in [0.25, 0.3) is 0 Å². The first kappa shape index (κ1) is 24.5. The van der Waals surface area contributed by atoms with Crippen LogP contribution >= 0.6 is 0 Å². The number of aromatic nitrogens is 2. The minimum atomic E-state index is -5.11. The quantitative estimate of drug-likeness (QED) is 0.557. The molecule has 6 nitrogen and oxygen atoms in total. The van der Waals surface area contributed by atoms with Crippen molar-refractivity contribution in [2.45, 2.75) is 69.6 Å². The lowest BCUT2D eigenvalue weighted by Crippen LogP contribution is -2.53. The predicted molar refractivity (Wildman–Crippen MR) is 119 cm³/mol. The number of aromatic amines is 1. The van der Waals surface area contributed by atoms with Gasteiger partial charge in [0.05, 0.1) is 24.1 Å². The number of halogens is 5. The Balaban J connectivity index is 1.68. The van der Waals surface area contributed by atoms with Gasteiger partial charge in [-0.05, 0) is 67.2 Å². The van der Waals surface area contributed by atoms with Crippen LogP contribution in [-0.2, 0) is 29.3 Å². The van der Waals surface area contributed by atoms with Crippen LogP contribution in [0.15, 0.2) is 30.7 Å². The molecule has 192 valence electrons. The zero-order valence-corrected chi connectivity index (χ0v) is 20.0. The summed E-state index contributed by atoms with van der Waals surface area (Å²) in [5, 5.41) is -4.07. The van der Waals surface area contributed by atoms with Crippen molar-refractivity contribution in [3.63, 3.8) is 0 Å². The average molecular weight is 519 g/mol. The second-order valence-electron chi connectivity index (χ2n) is 10.2. The Morgan fingerprint density at radius 2 is 1.89 bits per heavy atom. The number of sulfonamides is 1. The molecule has 3 aliphatic rings. The first-order valence-electron chi connectivity index (χ1n) is 11.6. The lowest BCUT2D eigenvalue weighted by molar-refractivity contribution is -0.137. The maximum absolute atomic E-state index is 14.3. The van der Waals surface area contributed by atoms with Gasteiger partial charge >= 0.3 is 11.4 Å². The summed E-state index contributed by atoms with van der Waals surface area (Å²) in [4.78, 5) is 8.95. The number of alkyl halides is 5. The molecule has 0 spiro atoms. The minimum Gasteiger partial charge on any atom is -0.361 e. The molecular weight excluding hydrogens is 491 g/mol. The van der Waals surface area contributed by atoms with E-state index < -0.39 is 39.6 Å². The molecule has 2 saturated carbocycles. The van der Waals surface area contributed by atoms with Crippen molar-refractivity contribution in [3.8, 4) is 0 Å². The number of nitrogens with zero attached hydrogens (tertiary/aromatic N) is 3. The molecule has 1 N–H and O–H groups in total. The molecule has 2 heterocycles. The number of anilines is 1. The SMILES string of the molecule is CC(F)(F)S(=O)(=O)N1Cc2cc(C(F)(F)F)ccc2N(Cc2cnc[nH]2)[C@H](C23CCC(CC2)C3)C1. The van der Waals surface area contributed by atoms with Crippen molar-refractivity contribution in [2.24, 2.45) is 11.3 Å². The van der Waals surface area contributed by atoms with Gasteiger partial charge in [-0.2, -0.15) is 26.3 Å². The largest absolute Gasteiger partial charge is 0.416 e. The number of nitrogens with one attached hydrogen (secondary N) is 1. The third kappa shape index (κ3) is 4.22. The predicted octanol–water partition coefficient (Wildman–Crippen LogP) is 5.14. The molecular formula is C23H27F5N4O2S. The highest BCUT2D eigenvalue weighted by atomic mass is 32.2. The molecule has 1 aliphatic heterocycles. The van der Waals surface area contributed by atoms with E-state index in [2.05, 4.69) is 9.97 Å². The molecule has 0 radical (unpaired) electrons. The molecule has 1 aromatic carbocycles. The van der Waals surface area contributed by atoms with Gasteiger partial charge in [-0.3, -0.25) is 0 Å². The third-order valence-electron chi connectivity index (χ3n) is 8.01. The number of benzene rings is 1. The Hall–Kier alpha value is -2.21. The standard InChI is InChI=1S/C23H27F5N4O2S/c1-21(24,25)35(33,34)31-11-16-8-17(23(26,27)28)2-3-19(16)32(12-18-10-29-14-30-18)20(13-31)22-6-4-15(9-22)5-7-22/h2-3,8,10,14-15,20H,4-7,9,11-13H2,1H3,(H,29,30)/t15?,20-,22?/m0/s1. The fourth-order valence-corrected chi connectivity index (χ4v) is 7.37. The molecule has 2 fully saturated rings. The fourth-order valence-electron chi connectivity index (χ4n) is 6.27. The zero-order valence-electron chi connectivity index (χ0n) is 19.2. The Kier molecular flexibility index (Phi) is 5.70. The topological polar surface area (TPSA) is 69.3 Å². The summed E-state index contributed by atoms with van der Waals surface area (Å²) in [5.41, 5.74) is -0.0667. The van der Waals surface area contributed by atoms with Crippen molar-refractivity contribution in [3.05, 3.63) is 47.5 Å². The van der Waals surface area contributed by atoms with Crippen LogP contribution < -0.4 is 4.90 Å². The molecule has 0 unspecified atom stereocenters. The van der Waals surface area contributed by atoms with E-state index in [1.165, 1.54) is 12.4 Å². The summed E-state index contributed by atoms with van der Waals surface area (Å²) < 4.78 is 95.9. The zero-order chi connectivity index (χ0) is 25.2. The van der Waals surface area contributed by atoms with Gasteiger partial charge in [0, 0.05) is 37.9 Å². The van der Waals surface area contributed by atoms with Crippen LogP contribution in [0.2, 0.25) is 0 Å². The molecule has 0 saturated heterocycles. The van der Waals surface area contributed by atoms with Gasteiger partial charge in [0.25, 0.3) is 10.0 Å². The molecule has 35 heavy (non-hydrogen) atoms. The van der Waals surface area contributed by atoms with Gasteiger partial charge < -0.3 is 9.88 Å². The van der Waals surface area contributed by atoms with Crippen molar-refractivity contribution in [1.82, 2.24) is 14.3 Å². The van der Waals surface area contributed by atoms with Crippen LogP contribution in [0.3, 0.4) is 0 Å². The summed E-state index contributed by atoms with van der Waals surface area (Å²) >= 11 is 0. The lowest BCUT2D eigenvalue weighted by atomic mass is 9.76. The monoisotopic (exact) mass is 518 g/mol. The fraction of sp³-hybridized carbons (Fsp3) is 0.609. The molecule has 5 rings (SSSR count). The normalized spacial score (nSPS) is 27.8. The highest BCUT2D eigenvalue weighted by Crippen LogP contribution is 2.58. The van der Waals surface area contributed by atoms with E-state index >= 15 is 0 Å². The van der Waals surface area contributed by atoms with Crippen molar-refractivity contribution < 1.29 is 30.4 Å². The van der Waals surface area contributed by atoms with Gasteiger partial charge in [0.15, 0.2) is 0 Å². The van der Waals surface area contributed by atoms with E-state index in [1.54, 1.807) is 6.20 Å². The highest BCUT2D eigenvalue weighted by molar-refractivity contribution is 7.90. The number of hydrogen-bond acceptors (Lipinski definition) is 4. The second-order valence-corrected chi connectivity index (χ2v) is 12.4. The van der Waals surface area contributed by atoms with Crippen LogP contribution in [0.1, 0.15) is 55.8 Å². The Labute approximate surface area is 200 Å². The Morgan fingerprint density at radius 1 is 1.17 bits per heavy atom. The molecule has 1 atom stereocenters. The molecule has 0 amide bonds. The smallest absolute Gasteiger partial charge is 0.361 e. The summed E-state index contributed by atoms with van der Waals surface area (Å²) in [5.74, 6) is 0.497. The van der Waals surface area contributed by atoms with Gasteiger partial charge in [-0.1, -0.05) is 0 Å². The maximum Gasteiger partial charge on any atom is 0.416 e. The molecule has 2 bridgehead atoms. The number of fused-ring (bicyclic) bond motifs is 3. The highest BCUT2D eigenvalue weighted by Gasteiger charge is 2.55. The van der Waals surface area contributed by atoms with E-state index in [9.17, 15) is 30.4 Å². The minimum absolute atomic E-state index is 0.0543. The molecule has 12 heteroatoms. The summed E-state index contributed by atoms with van der Waals surface area (Å²) in [6.45, 7) is -0.216. The van der Waals surface area contributed by atoms with Crippen LogP contribution in [0.5, 0.6) is 0 Å². The summed E-state index contributed by atoms with van der Waals surface area (Å²) in [6, 6.07) is 2.73. The van der Waals surface area contributed by atoms with E-state index in [-0.39, 0.29) is 24.1 Å². The summed E-state index contributed by atoms with van der Waals surface area (Å²) in [6.07, 6.45) is 2.89. The van der Waals surface area contributed by atoms with E-state index in [0.29, 0.717) is 28.5 Å². The Bertz CT molecular complexity index is 1190. The lowest BCUT2D eigenvalue weighted by Gasteiger charge is -2.45. The van der Waals surface area contributed by atoms with Gasteiger partial charge in [-0.25, -0.2) is 13.4 Å². The third-order valence-corrected chi connectivity index (χ3v) is 9.87. The number of rotatable bonds is 5. The van der Waals surface area contributed by atoms with Crippen molar-refractivity contribution in [1.29, 1.82) is 0 Å². The van der Waals surface area contributed by atoms with Crippen molar-refractivity contribution in [2.75, 3.05) is 11.4 Å². The average Bonchev–Trinajstić information content (AvgIpc) is 3.50. The molecule has 2 aromatic rings. The second kappa shape index (κ2) is 8.16. The van der Waals surface area contributed by atoms with Gasteiger partial charge in [0.1, 0.15) is 0 Å². The van der Waals surface area contributed by atoms with Gasteiger partial charge in [0.2, 0.25) is 0 Å². The van der Waals surface area contributed by atoms with Crippen LogP contribution in [0.4, 0.5) is 27.6 Å². The maximum atomic E-state index is 14.3. The van der Waals surface area contributed by atoms with Gasteiger partial charge in [-0.15, -0.1) is 0 Å². The molecule has 1 aromatic heterocycles. The van der Waals surface area contributed by atoms with E-state index in [0.717, 1.165) is 44.2 Å². The summed E-state index contributed by atoms with van der Waals surface area (Å²) in [7, 11) is -5.11. The number of hydrogen-bond donors (Lipinski definition) is 1. The van der Waals surface area contributed by atoms with E-state index in [4.69, 9.17) is 0 Å². The van der Waals surface area contributed by atoms with Crippen LogP contribution in [-0.4, -0.2) is 40.5 Å². The number of imidazole rings is 1. The first-order chi connectivity index (χ1) is 16.3. The molecule has 2 aliphatic carbocycles. The van der Waals surface area contributed by atoms with Crippen molar-refractivity contribution >= 4 is 15.7 Å². The first-order valence-corrected chi connectivity index (χ1v) is 13.1. The van der Waals surface area contributed by atoms with Crippen LogP contribution in [0, 0.1) is 11.3 Å². The Morgan fingerprint density at radius 3 is 2.43 bits per heavy atom. The number of H-pyrrole nitrogens is 1.